The van der Waals surface area contributed by atoms with Crippen LogP contribution in [0.25, 0.3) is 0 Å². The van der Waals surface area contributed by atoms with Crippen molar-refractivity contribution in [1.82, 2.24) is 9.80 Å². The molecule has 0 aliphatic carbocycles. The molecule has 4 nitrogen and oxygen atoms in total. The quantitative estimate of drug-likeness (QED) is 0.687. The van der Waals surface area contributed by atoms with Crippen molar-refractivity contribution in [3.8, 4) is 0 Å². The molecular weight excluding hydrogens is 300 g/mol. The van der Waals surface area contributed by atoms with Gasteiger partial charge in [0.1, 0.15) is 5.60 Å². The Kier molecular flexibility index (Phi) is 9.33. The molecule has 1 atom stereocenters. The molecule has 0 amide bonds. The third-order valence-electron chi connectivity index (χ3n) is 3.58. The standard InChI is InChI=1S/C17H28N2O2.ClH/c1-6-17(14-19(4)5,12-13-18(2)3)21-16(20)15-10-8-7-9-11-15;/h7-11H,6,12-14H2,1-5H3;1H. The number of rotatable bonds is 8. The average Bonchev–Trinajstić information content (AvgIpc) is 2.45. The topological polar surface area (TPSA) is 32.8 Å². The maximum absolute atomic E-state index is 12.4. The molecule has 0 spiro atoms. The van der Waals surface area contributed by atoms with Crippen LogP contribution in [0.5, 0.6) is 0 Å². The Bertz CT molecular complexity index is 438. The molecule has 126 valence electrons. The lowest BCUT2D eigenvalue weighted by Crippen LogP contribution is -2.45. The molecule has 1 unspecified atom stereocenters. The van der Waals surface area contributed by atoms with Crippen molar-refractivity contribution in [1.29, 1.82) is 0 Å². The summed E-state index contributed by atoms with van der Waals surface area (Å²) in [5.41, 5.74) is 0.166. The molecule has 22 heavy (non-hydrogen) atoms. The normalized spacial score (nSPS) is 13.6. The van der Waals surface area contributed by atoms with Gasteiger partial charge in [-0.1, -0.05) is 25.1 Å². The van der Waals surface area contributed by atoms with Crippen LogP contribution in [0.15, 0.2) is 30.3 Å². The van der Waals surface area contributed by atoms with Crippen LogP contribution in [0.2, 0.25) is 0 Å². The van der Waals surface area contributed by atoms with Crippen molar-refractivity contribution in [3.05, 3.63) is 35.9 Å². The van der Waals surface area contributed by atoms with E-state index >= 15 is 0 Å². The third kappa shape index (κ3) is 6.77. The number of ether oxygens (including phenoxy) is 1. The number of carbonyl (C=O) groups excluding carboxylic acids is 1. The molecule has 0 fully saturated rings. The van der Waals surface area contributed by atoms with Crippen LogP contribution in [-0.4, -0.2) is 62.7 Å². The molecule has 0 aromatic heterocycles. The number of esters is 1. The van der Waals surface area contributed by atoms with E-state index in [1.54, 1.807) is 12.1 Å². The number of nitrogens with zero attached hydrogens (tertiary/aromatic N) is 2. The summed E-state index contributed by atoms with van der Waals surface area (Å²) in [6, 6.07) is 9.20. The maximum atomic E-state index is 12.4. The van der Waals surface area contributed by atoms with Gasteiger partial charge in [0, 0.05) is 19.5 Å². The van der Waals surface area contributed by atoms with Crippen LogP contribution < -0.4 is 0 Å². The maximum Gasteiger partial charge on any atom is 0.338 e. The largest absolute Gasteiger partial charge is 0.454 e. The van der Waals surface area contributed by atoms with Crippen molar-refractivity contribution in [2.24, 2.45) is 0 Å². The molecular formula is C17H29ClN2O2. The van der Waals surface area contributed by atoms with E-state index in [2.05, 4.69) is 16.7 Å². The van der Waals surface area contributed by atoms with Gasteiger partial charge in [0.25, 0.3) is 0 Å². The molecule has 0 N–H and O–H groups in total. The number of halogens is 1. The molecule has 0 aliphatic heterocycles. The lowest BCUT2D eigenvalue weighted by atomic mass is 9.95. The highest BCUT2D eigenvalue weighted by Crippen LogP contribution is 2.24. The predicted molar refractivity (Wildman–Crippen MR) is 93.9 cm³/mol. The van der Waals surface area contributed by atoms with Gasteiger partial charge in [-0.15, -0.1) is 12.4 Å². The molecule has 0 bridgehead atoms. The van der Waals surface area contributed by atoms with Crippen molar-refractivity contribution >= 4 is 18.4 Å². The Morgan fingerprint density at radius 2 is 1.68 bits per heavy atom. The Morgan fingerprint density at radius 1 is 1.09 bits per heavy atom. The van der Waals surface area contributed by atoms with E-state index in [4.69, 9.17) is 4.74 Å². The molecule has 1 rings (SSSR count). The Morgan fingerprint density at radius 3 is 2.14 bits per heavy atom. The van der Waals surface area contributed by atoms with Gasteiger partial charge in [0.05, 0.1) is 5.56 Å². The Balaban J connectivity index is 0.00000441. The molecule has 0 aliphatic rings. The van der Waals surface area contributed by atoms with Gasteiger partial charge in [0.15, 0.2) is 0 Å². The van der Waals surface area contributed by atoms with Crippen LogP contribution in [0.1, 0.15) is 30.1 Å². The first-order valence-electron chi connectivity index (χ1n) is 7.46. The smallest absolute Gasteiger partial charge is 0.338 e. The molecule has 0 radical (unpaired) electrons. The van der Waals surface area contributed by atoms with E-state index in [0.717, 1.165) is 25.9 Å². The fourth-order valence-corrected chi connectivity index (χ4v) is 2.36. The fourth-order valence-electron chi connectivity index (χ4n) is 2.36. The van der Waals surface area contributed by atoms with Crippen molar-refractivity contribution < 1.29 is 9.53 Å². The lowest BCUT2D eigenvalue weighted by molar-refractivity contribution is -0.0393. The van der Waals surface area contributed by atoms with Crippen molar-refractivity contribution in [2.45, 2.75) is 25.4 Å². The third-order valence-corrected chi connectivity index (χ3v) is 3.58. The zero-order valence-corrected chi connectivity index (χ0v) is 15.2. The van der Waals surface area contributed by atoms with Gasteiger partial charge < -0.3 is 14.5 Å². The summed E-state index contributed by atoms with van der Waals surface area (Å²) in [6.45, 7) is 3.71. The number of benzene rings is 1. The first kappa shape index (κ1) is 20.9. The van der Waals surface area contributed by atoms with Gasteiger partial charge in [-0.05, 0) is 46.7 Å². The van der Waals surface area contributed by atoms with Gasteiger partial charge >= 0.3 is 5.97 Å². The molecule has 0 saturated heterocycles. The summed E-state index contributed by atoms with van der Waals surface area (Å²) in [5.74, 6) is -0.238. The first-order chi connectivity index (χ1) is 9.88. The first-order valence-corrected chi connectivity index (χ1v) is 7.46. The predicted octanol–water partition coefficient (Wildman–Crippen LogP) is 2.93. The van der Waals surface area contributed by atoms with E-state index < -0.39 is 5.60 Å². The van der Waals surface area contributed by atoms with Crippen molar-refractivity contribution in [3.63, 3.8) is 0 Å². The van der Waals surface area contributed by atoms with E-state index in [1.807, 2.05) is 46.4 Å². The molecule has 0 heterocycles. The van der Waals surface area contributed by atoms with Gasteiger partial charge in [-0.2, -0.15) is 0 Å². The minimum absolute atomic E-state index is 0. The molecule has 1 aromatic rings. The van der Waals surface area contributed by atoms with Gasteiger partial charge in [0.2, 0.25) is 0 Å². The van der Waals surface area contributed by atoms with E-state index in [1.165, 1.54) is 0 Å². The monoisotopic (exact) mass is 328 g/mol. The van der Waals surface area contributed by atoms with E-state index in [-0.39, 0.29) is 18.4 Å². The van der Waals surface area contributed by atoms with E-state index in [0.29, 0.717) is 5.56 Å². The molecule has 5 heteroatoms. The summed E-state index contributed by atoms with van der Waals surface area (Å²) in [4.78, 5) is 16.6. The number of likely N-dealkylation sites (N-methyl/N-ethyl adjacent to an activating group) is 1. The zero-order valence-electron chi connectivity index (χ0n) is 14.3. The zero-order chi connectivity index (χ0) is 15.9. The summed E-state index contributed by atoms with van der Waals surface area (Å²) in [5, 5.41) is 0. The summed E-state index contributed by atoms with van der Waals surface area (Å²) in [6.07, 6.45) is 1.63. The van der Waals surface area contributed by atoms with Crippen LogP contribution in [0.4, 0.5) is 0 Å². The Labute approximate surface area is 140 Å². The van der Waals surface area contributed by atoms with Crippen LogP contribution in [-0.2, 0) is 4.74 Å². The van der Waals surface area contributed by atoms with Crippen LogP contribution in [0, 0.1) is 0 Å². The number of hydrogen-bond acceptors (Lipinski definition) is 4. The fraction of sp³-hybridized carbons (Fsp3) is 0.588. The SMILES string of the molecule is CCC(CCN(C)C)(CN(C)C)OC(=O)c1ccccc1.Cl. The van der Waals surface area contributed by atoms with Crippen LogP contribution in [0.3, 0.4) is 0 Å². The highest BCUT2D eigenvalue weighted by Gasteiger charge is 2.33. The average molecular weight is 329 g/mol. The minimum Gasteiger partial charge on any atom is -0.454 e. The molecule has 0 saturated carbocycles. The lowest BCUT2D eigenvalue weighted by Gasteiger charge is -2.36. The van der Waals surface area contributed by atoms with E-state index in [9.17, 15) is 4.79 Å². The number of carbonyl (C=O) groups is 1. The van der Waals surface area contributed by atoms with Crippen LogP contribution >= 0.6 is 12.4 Å². The minimum atomic E-state index is -0.444. The van der Waals surface area contributed by atoms with Gasteiger partial charge in [-0.25, -0.2) is 4.79 Å². The molecule has 1 aromatic carbocycles. The summed E-state index contributed by atoms with van der Waals surface area (Å²) >= 11 is 0. The second kappa shape index (κ2) is 9.82. The highest BCUT2D eigenvalue weighted by atomic mass is 35.5. The van der Waals surface area contributed by atoms with Crippen molar-refractivity contribution in [2.75, 3.05) is 41.3 Å². The summed E-state index contributed by atoms with van der Waals surface area (Å²) in [7, 11) is 8.09. The second-order valence-electron chi connectivity index (χ2n) is 6.08. The number of hydrogen-bond donors (Lipinski definition) is 0. The Hall–Kier alpha value is -1.10. The highest BCUT2D eigenvalue weighted by molar-refractivity contribution is 5.89. The second-order valence-corrected chi connectivity index (χ2v) is 6.08. The summed E-state index contributed by atoms with van der Waals surface area (Å²) < 4.78 is 5.93. The van der Waals surface area contributed by atoms with Gasteiger partial charge in [-0.3, -0.25) is 0 Å².